The highest BCUT2D eigenvalue weighted by molar-refractivity contribution is 5.76. The third-order valence-corrected chi connectivity index (χ3v) is 3.85. The maximum absolute atomic E-state index is 7.17. The zero-order valence-electron chi connectivity index (χ0n) is 10.8. The predicted molar refractivity (Wildman–Crippen MR) is 71.4 cm³/mol. The van der Waals surface area contributed by atoms with E-state index in [1.165, 1.54) is 58.5 Å². The molecule has 3 N–H and O–H groups in total. The van der Waals surface area contributed by atoms with Gasteiger partial charge in [-0.25, -0.2) is 0 Å². The minimum absolute atomic E-state index is 0.333. The van der Waals surface area contributed by atoms with E-state index in [9.17, 15) is 0 Å². The smallest absolute Gasteiger partial charge is 0.0905 e. The molecule has 4 nitrogen and oxygen atoms in total. The van der Waals surface area contributed by atoms with E-state index in [0.717, 1.165) is 18.8 Å². The zero-order valence-corrected chi connectivity index (χ0v) is 10.8. The highest BCUT2D eigenvalue weighted by Gasteiger charge is 2.26. The number of unbranched alkanes of at least 4 members (excludes halogenated alkanes) is 1. The molecule has 1 heterocycles. The Labute approximate surface area is 105 Å². The summed E-state index contributed by atoms with van der Waals surface area (Å²) in [5, 5.41) is 7.17. The van der Waals surface area contributed by atoms with E-state index in [0.29, 0.717) is 5.84 Å². The van der Waals surface area contributed by atoms with E-state index in [4.69, 9.17) is 11.1 Å². The molecule has 1 saturated carbocycles. The normalized spacial score (nSPS) is 22.8. The lowest BCUT2D eigenvalue weighted by Crippen LogP contribution is -2.47. The van der Waals surface area contributed by atoms with Crippen LogP contribution >= 0.6 is 0 Å². The van der Waals surface area contributed by atoms with Gasteiger partial charge in [0.1, 0.15) is 0 Å². The summed E-state index contributed by atoms with van der Waals surface area (Å²) in [6.45, 7) is 7.49. The van der Waals surface area contributed by atoms with Crippen molar-refractivity contribution in [3.05, 3.63) is 0 Å². The van der Waals surface area contributed by atoms with Gasteiger partial charge in [0, 0.05) is 39.1 Å². The quantitative estimate of drug-likeness (QED) is 0.397. The molecule has 0 amide bonds. The van der Waals surface area contributed by atoms with E-state index in [2.05, 4.69) is 9.80 Å². The second-order valence-electron chi connectivity index (χ2n) is 5.57. The fourth-order valence-electron chi connectivity index (χ4n) is 2.51. The van der Waals surface area contributed by atoms with Gasteiger partial charge in [-0.2, -0.15) is 0 Å². The van der Waals surface area contributed by atoms with Crippen LogP contribution in [-0.2, 0) is 0 Å². The summed E-state index contributed by atoms with van der Waals surface area (Å²) in [5.41, 5.74) is 5.35. The summed E-state index contributed by atoms with van der Waals surface area (Å²) >= 11 is 0. The van der Waals surface area contributed by atoms with E-state index in [1.54, 1.807) is 0 Å². The molecule has 2 aliphatic rings. The highest BCUT2D eigenvalue weighted by Crippen LogP contribution is 2.29. The number of rotatable bonds is 7. The molecule has 0 aromatic carbocycles. The molecule has 0 atom stereocenters. The molecule has 1 saturated heterocycles. The summed E-state index contributed by atoms with van der Waals surface area (Å²) in [6.07, 6.45) is 5.94. The van der Waals surface area contributed by atoms with Crippen molar-refractivity contribution in [2.45, 2.75) is 32.1 Å². The van der Waals surface area contributed by atoms with Gasteiger partial charge >= 0.3 is 0 Å². The Morgan fingerprint density at radius 1 is 1.06 bits per heavy atom. The molecule has 2 rings (SSSR count). The summed E-state index contributed by atoms with van der Waals surface area (Å²) in [7, 11) is 0. The molecule has 1 aliphatic carbocycles. The summed E-state index contributed by atoms with van der Waals surface area (Å²) in [6, 6.07) is 0. The van der Waals surface area contributed by atoms with Gasteiger partial charge in [-0.3, -0.25) is 5.41 Å². The van der Waals surface area contributed by atoms with Gasteiger partial charge in [0.2, 0.25) is 0 Å². The van der Waals surface area contributed by atoms with Gasteiger partial charge in [-0.15, -0.1) is 0 Å². The first-order chi connectivity index (χ1) is 8.24. The first kappa shape index (κ1) is 12.8. The van der Waals surface area contributed by atoms with Crippen molar-refractivity contribution in [3.8, 4) is 0 Å². The lowest BCUT2D eigenvalue weighted by molar-refractivity contribution is 0.127. The highest BCUT2D eigenvalue weighted by atomic mass is 15.3. The SMILES string of the molecule is N=C(N)CCCCN1CCN(CC2CC2)CC1. The van der Waals surface area contributed by atoms with Gasteiger partial charge in [0.15, 0.2) is 0 Å². The fourth-order valence-corrected chi connectivity index (χ4v) is 2.51. The van der Waals surface area contributed by atoms with Crippen molar-refractivity contribution in [1.82, 2.24) is 9.80 Å². The Kier molecular flexibility index (Phi) is 4.80. The first-order valence-corrected chi connectivity index (χ1v) is 7.01. The molecule has 0 unspecified atom stereocenters. The fraction of sp³-hybridized carbons (Fsp3) is 0.923. The van der Waals surface area contributed by atoms with Crippen LogP contribution in [0.4, 0.5) is 0 Å². The molecule has 4 heteroatoms. The van der Waals surface area contributed by atoms with Crippen molar-refractivity contribution in [2.75, 3.05) is 39.3 Å². The Bertz CT molecular complexity index is 242. The number of piperazine rings is 1. The number of nitrogens with one attached hydrogen (secondary N) is 1. The number of amidine groups is 1. The molecule has 0 aromatic heterocycles. The lowest BCUT2D eigenvalue weighted by atomic mass is 10.2. The van der Waals surface area contributed by atoms with E-state index in [-0.39, 0.29) is 0 Å². The van der Waals surface area contributed by atoms with Crippen LogP contribution in [0.15, 0.2) is 0 Å². The Hall–Kier alpha value is -0.610. The standard InChI is InChI=1S/C13H26N4/c14-13(15)3-1-2-6-16-7-9-17(10-8-16)11-12-4-5-12/h12H,1-11H2,(H3,14,15). The summed E-state index contributed by atoms with van der Waals surface area (Å²) in [5.74, 6) is 1.36. The lowest BCUT2D eigenvalue weighted by Gasteiger charge is -2.34. The van der Waals surface area contributed by atoms with Crippen molar-refractivity contribution in [3.63, 3.8) is 0 Å². The van der Waals surface area contributed by atoms with Gasteiger partial charge < -0.3 is 15.5 Å². The van der Waals surface area contributed by atoms with Crippen molar-refractivity contribution in [1.29, 1.82) is 5.41 Å². The molecule has 0 spiro atoms. The monoisotopic (exact) mass is 238 g/mol. The molecule has 98 valence electrons. The second-order valence-corrected chi connectivity index (χ2v) is 5.57. The van der Waals surface area contributed by atoms with E-state index in [1.807, 2.05) is 0 Å². The number of nitrogens with two attached hydrogens (primary N) is 1. The van der Waals surface area contributed by atoms with Crippen LogP contribution in [-0.4, -0.2) is 54.9 Å². The third kappa shape index (κ3) is 5.04. The van der Waals surface area contributed by atoms with Crippen molar-refractivity contribution >= 4 is 5.84 Å². The topological polar surface area (TPSA) is 56.4 Å². The zero-order chi connectivity index (χ0) is 12.1. The van der Waals surface area contributed by atoms with Gasteiger partial charge in [0.05, 0.1) is 5.84 Å². The minimum atomic E-state index is 0.333. The molecular weight excluding hydrogens is 212 g/mol. The second kappa shape index (κ2) is 6.36. The van der Waals surface area contributed by atoms with Crippen LogP contribution in [0.1, 0.15) is 32.1 Å². The van der Waals surface area contributed by atoms with Crippen molar-refractivity contribution in [2.24, 2.45) is 11.7 Å². The van der Waals surface area contributed by atoms with Crippen LogP contribution in [0.25, 0.3) is 0 Å². The van der Waals surface area contributed by atoms with Gasteiger partial charge in [-0.05, 0) is 38.1 Å². The molecule has 0 radical (unpaired) electrons. The molecule has 17 heavy (non-hydrogen) atoms. The molecular formula is C13H26N4. The number of hydrogen-bond donors (Lipinski definition) is 2. The number of nitrogens with zero attached hydrogens (tertiary/aromatic N) is 2. The van der Waals surface area contributed by atoms with Crippen LogP contribution in [0, 0.1) is 11.3 Å². The van der Waals surface area contributed by atoms with E-state index < -0.39 is 0 Å². The summed E-state index contributed by atoms with van der Waals surface area (Å²) < 4.78 is 0. The Morgan fingerprint density at radius 2 is 1.71 bits per heavy atom. The Balaban J connectivity index is 1.50. The van der Waals surface area contributed by atoms with Crippen LogP contribution in [0.2, 0.25) is 0 Å². The maximum Gasteiger partial charge on any atom is 0.0905 e. The molecule has 0 aromatic rings. The van der Waals surface area contributed by atoms with E-state index >= 15 is 0 Å². The number of hydrogen-bond acceptors (Lipinski definition) is 3. The molecule has 2 fully saturated rings. The van der Waals surface area contributed by atoms with Crippen LogP contribution in [0.5, 0.6) is 0 Å². The average molecular weight is 238 g/mol. The predicted octanol–water partition coefficient (Wildman–Crippen LogP) is 1.12. The minimum Gasteiger partial charge on any atom is -0.388 e. The third-order valence-electron chi connectivity index (χ3n) is 3.85. The average Bonchev–Trinajstić information content (AvgIpc) is 3.10. The van der Waals surface area contributed by atoms with Crippen molar-refractivity contribution < 1.29 is 0 Å². The molecule has 1 aliphatic heterocycles. The summed E-state index contributed by atoms with van der Waals surface area (Å²) in [4.78, 5) is 5.19. The van der Waals surface area contributed by atoms with Gasteiger partial charge in [0.25, 0.3) is 0 Å². The first-order valence-electron chi connectivity index (χ1n) is 7.01. The largest absolute Gasteiger partial charge is 0.388 e. The Morgan fingerprint density at radius 3 is 2.29 bits per heavy atom. The molecule has 0 bridgehead atoms. The maximum atomic E-state index is 7.17. The van der Waals surface area contributed by atoms with Gasteiger partial charge in [-0.1, -0.05) is 0 Å². The van der Waals surface area contributed by atoms with Crippen LogP contribution < -0.4 is 5.73 Å². The van der Waals surface area contributed by atoms with Crippen LogP contribution in [0.3, 0.4) is 0 Å².